The molecule has 0 atom stereocenters. The molecule has 178 valence electrons. The van der Waals surface area contributed by atoms with Gasteiger partial charge < -0.3 is 9.80 Å². The Morgan fingerprint density at radius 1 is 0.735 bits per heavy atom. The van der Waals surface area contributed by atoms with E-state index in [9.17, 15) is 19.2 Å². The summed E-state index contributed by atoms with van der Waals surface area (Å²) in [6.07, 6.45) is 0. The lowest BCUT2D eigenvalue weighted by molar-refractivity contribution is 0.0824. The number of benzene rings is 1. The Morgan fingerprint density at radius 3 is 1.47 bits per heavy atom. The van der Waals surface area contributed by atoms with Gasteiger partial charge in [0.05, 0.1) is 11.4 Å². The minimum absolute atomic E-state index is 0.193. The molecule has 1 aromatic carbocycles. The summed E-state index contributed by atoms with van der Waals surface area (Å²) in [5, 5.41) is 5.93. The van der Waals surface area contributed by atoms with Crippen LogP contribution in [0.5, 0.6) is 0 Å². The third-order valence-corrected chi connectivity index (χ3v) is 6.74. The van der Waals surface area contributed by atoms with Crippen molar-refractivity contribution in [2.45, 2.75) is 13.8 Å². The normalized spacial score (nSPS) is 10.5. The molecule has 0 radical (unpaired) electrons. The number of rotatable bonds is 6. The quantitative estimate of drug-likeness (QED) is 0.536. The fraction of sp³-hybridized carbons (Fsp3) is 0.273. The second-order valence-electron chi connectivity index (χ2n) is 7.76. The number of thiazole rings is 2. The smallest absolute Gasteiger partial charge is 0.265 e. The van der Waals surface area contributed by atoms with Gasteiger partial charge in [-0.15, -0.1) is 0 Å². The standard InChI is InChI=1S/C22H24N6O4S2/c1-11-15(19(31)27(3)4)33-21(23-11)25-17(29)13-8-7-9-14(10-13)18(30)26-22-24-12(2)16(34-22)20(32)28(5)6/h7-10H,1-6H3,(H,23,25,29)(H,24,26,30). The zero-order valence-electron chi connectivity index (χ0n) is 19.5. The lowest BCUT2D eigenvalue weighted by Gasteiger charge is -2.08. The van der Waals surface area contributed by atoms with Crippen molar-refractivity contribution in [3.63, 3.8) is 0 Å². The van der Waals surface area contributed by atoms with Crippen molar-refractivity contribution in [3.8, 4) is 0 Å². The number of aryl methyl sites for hydroxylation is 2. The second-order valence-corrected chi connectivity index (χ2v) is 9.75. The zero-order valence-corrected chi connectivity index (χ0v) is 21.2. The van der Waals surface area contributed by atoms with Crippen LogP contribution in [-0.4, -0.2) is 71.6 Å². The molecule has 10 nitrogen and oxygen atoms in total. The molecule has 3 aromatic rings. The molecule has 0 unspecified atom stereocenters. The molecular weight excluding hydrogens is 476 g/mol. The minimum atomic E-state index is -0.462. The number of amides is 4. The van der Waals surface area contributed by atoms with E-state index in [4.69, 9.17) is 0 Å². The van der Waals surface area contributed by atoms with Gasteiger partial charge in [-0.3, -0.25) is 29.8 Å². The summed E-state index contributed by atoms with van der Waals surface area (Å²) in [6, 6.07) is 6.18. The summed E-state index contributed by atoms with van der Waals surface area (Å²) in [6.45, 7) is 3.40. The van der Waals surface area contributed by atoms with E-state index in [2.05, 4.69) is 20.6 Å². The van der Waals surface area contributed by atoms with Crippen molar-refractivity contribution in [1.82, 2.24) is 19.8 Å². The molecule has 2 aromatic heterocycles. The van der Waals surface area contributed by atoms with Gasteiger partial charge in [-0.25, -0.2) is 9.97 Å². The van der Waals surface area contributed by atoms with Crippen molar-refractivity contribution in [2.24, 2.45) is 0 Å². The fourth-order valence-corrected chi connectivity index (χ4v) is 4.81. The predicted molar refractivity (Wildman–Crippen MR) is 132 cm³/mol. The maximum atomic E-state index is 12.7. The van der Waals surface area contributed by atoms with E-state index in [1.165, 1.54) is 15.9 Å². The van der Waals surface area contributed by atoms with Gasteiger partial charge in [0, 0.05) is 39.3 Å². The van der Waals surface area contributed by atoms with Crippen molar-refractivity contribution in [2.75, 3.05) is 38.8 Å². The maximum Gasteiger partial charge on any atom is 0.265 e. The molecule has 2 heterocycles. The van der Waals surface area contributed by atoms with Crippen LogP contribution >= 0.6 is 22.7 Å². The van der Waals surface area contributed by atoms with E-state index >= 15 is 0 Å². The van der Waals surface area contributed by atoms with E-state index in [0.29, 0.717) is 31.4 Å². The van der Waals surface area contributed by atoms with Gasteiger partial charge in [-0.1, -0.05) is 28.7 Å². The third-order valence-electron chi connectivity index (χ3n) is 4.62. The van der Waals surface area contributed by atoms with Gasteiger partial charge in [0.2, 0.25) is 0 Å². The van der Waals surface area contributed by atoms with Gasteiger partial charge in [0.25, 0.3) is 23.6 Å². The average Bonchev–Trinajstić information content (AvgIpc) is 3.33. The second kappa shape index (κ2) is 10.1. The Bertz CT molecular complexity index is 1180. The Morgan fingerprint density at radius 2 is 1.12 bits per heavy atom. The van der Waals surface area contributed by atoms with Crippen LogP contribution in [0, 0.1) is 13.8 Å². The van der Waals surface area contributed by atoms with E-state index in [1.807, 2.05) is 0 Å². The number of hydrogen-bond acceptors (Lipinski definition) is 8. The average molecular weight is 501 g/mol. The SMILES string of the molecule is Cc1nc(NC(=O)c2cccc(C(=O)Nc3nc(C)c(C(=O)N(C)C)s3)c2)sc1C(=O)N(C)C. The number of nitrogens with zero attached hydrogens (tertiary/aromatic N) is 4. The van der Waals surface area contributed by atoms with Gasteiger partial charge in [-0.2, -0.15) is 0 Å². The number of anilines is 2. The first kappa shape index (κ1) is 25.0. The Hall–Kier alpha value is -3.64. The van der Waals surface area contributed by atoms with Gasteiger partial charge >= 0.3 is 0 Å². The Kier molecular flexibility index (Phi) is 7.42. The lowest BCUT2D eigenvalue weighted by Crippen LogP contribution is -2.21. The molecule has 34 heavy (non-hydrogen) atoms. The molecule has 0 saturated carbocycles. The summed E-state index contributed by atoms with van der Waals surface area (Å²) in [5.41, 5.74) is 1.55. The number of hydrogen-bond donors (Lipinski definition) is 2. The topological polar surface area (TPSA) is 125 Å². The van der Waals surface area contributed by atoms with E-state index in [0.717, 1.165) is 22.7 Å². The van der Waals surface area contributed by atoms with E-state index in [1.54, 1.807) is 60.2 Å². The molecule has 0 saturated heterocycles. The number of aromatic nitrogens is 2. The lowest BCUT2D eigenvalue weighted by atomic mass is 10.1. The molecule has 0 bridgehead atoms. The molecule has 3 rings (SSSR count). The van der Waals surface area contributed by atoms with Crippen LogP contribution in [0.15, 0.2) is 24.3 Å². The molecule has 0 spiro atoms. The number of nitrogens with one attached hydrogen (secondary N) is 2. The van der Waals surface area contributed by atoms with Crippen molar-refractivity contribution in [1.29, 1.82) is 0 Å². The summed E-state index contributed by atoms with van der Waals surface area (Å²) in [5.74, 6) is -1.31. The first-order valence-electron chi connectivity index (χ1n) is 10.1. The largest absolute Gasteiger partial charge is 0.344 e. The van der Waals surface area contributed by atoms with Gasteiger partial charge in [0.15, 0.2) is 10.3 Å². The molecular formula is C22H24N6O4S2. The molecule has 0 aliphatic rings. The highest BCUT2D eigenvalue weighted by Gasteiger charge is 2.20. The van der Waals surface area contributed by atoms with Crippen molar-refractivity contribution < 1.29 is 19.2 Å². The fourth-order valence-electron chi connectivity index (χ4n) is 2.84. The van der Waals surface area contributed by atoms with Crippen LogP contribution < -0.4 is 10.6 Å². The predicted octanol–water partition coefficient (Wildman–Crippen LogP) is 3.12. The monoisotopic (exact) mass is 500 g/mol. The van der Waals surface area contributed by atoms with Gasteiger partial charge in [0.1, 0.15) is 9.75 Å². The third kappa shape index (κ3) is 5.46. The zero-order chi connectivity index (χ0) is 25.2. The molecule has 0 fully saturated rings. The Balaban J connectivity index is 1.74. The number of carbonyl (C=O) groups excluding carboxylic acids is 4. The highest BCUT2D eigenvalue weighted by molar-refractivity contribution is 7.18. The van der Waals surface area contributed by atoms with Crippen LogP contribution in [0.3, 0.4) is 0 Å². The Labute approximate surface area is 204 Å². The summed E-state index contributed by atoms with van der Waals surface area (Å²) < 4.78 is 0. The highest BCUT2D eigenvalue weighted by atomic mass is 32.1. The minimum Gasteiger partial charge on any atom is -0.344 e. The van der Waals surface area contributed by atoms with Gasteiger partial charge in [-0.05, 0) is 32.0 Å². The molecule has 12 heteroatoms. The highest BCUT2D eigenvalue weighted by Crippen LogP contribution is 2.25. The number of carbonyl (C=O) groups is 4. The summed E-state index contributed by atoms with van der Waals surface area (Å²) in [4.78, 5) is 62.2. The van der Waals surface area contributed by atoms with Crippen molar-refractivity contribution >= 4 is 56.6 Å². The first-order valence-corrected chi connectivity index (χ1v) is 11.7. The van der Waals surface area contributed by atoms with E-state index < -0.39 is 11.8 Å². The van der Waals surface area contributed by atoms with E-state index in [-0.39, 0.29) is 22.9 Å². The maximum absolute atomic E-state index is 12.7. The van der Waals surface area contributed by atoms with Crippen LogP contribution in [0.25, 0.3) is 0 Å². The molecule has 2 N–H and O–H groups in total. The molecule has 0 aliphatic carbocycles. The molecule has 0 aliphatic heterocycles. The van der Waals surface area contributed by atoms with Crippen LogP contribution in [-0.2, 0) is 0 Å². The summed E-state index contributed by atoms with van der Waals surface area (Å²) in [7, 11) is 6.57. The van der Waals surface area contributed by atoms with Crippen LogP contribution in [0.1, 0.15) is 51.4 Å². The first-order chi connectivity index (χ1) is 16.0. The summed E-state index contributed by atoms with van der Waals surface area (Å²) >= 11 is 2.18. The van der Waals surface area contributed by atoms with Crippen LogP contribution in [0.2, 0.25) is 0 Å². The molecule has 4 amide bonds. The van der Waals surface area contributed by atoms with Crippen LogP contribution in [0.4, 0.5) is 10.3 Å². The van der Waals surface area contributed by atoms with Crippen molar-refractivity contribution in [3.05, 3.63) is 56.5 Å².